The number of carbonyl (C=O) groups excluding carboxylic acids is 1. The van der Waals surface area contributed by atoms with Crippen LogP contribution >= 0.6 is 11.6 Å². The summed E-state index contributed by atoms with van der Waals surface area (Å²) in [5.41, 5.74) is 7.28. The maximum absolute atomic E-state index is 13.6. The van der Waals surface area contributed by atoms with E-state index in [2.05, 4.69) is 30.6 Å². The van der Waals surface area contributed by atoms with Crippen molar-refractivity contribution in [2.45, 2.75) is 13.8 Å². The lowest BCUT2D eigenvalue weighted by molar-refractivity contribution is 0.102. The van der Waals surface area contributed by atoms with E-state index in [0.29, 0.717) is 34.1 Å². The molecule has 0 atom stereocenters. The summed E-state index contributed by atoms with van der Waals surface area (Å²) < 4.78 is 15.0. The summed E-state index contributed by atoms with van der Waals surface area (Å²) in [6.45, 7) is 3.37. The number of pyridine rings is 2. The van der Waals surface area contributed by atoms with Crippen molar-refractivity contribution in [3.05, 3.63) is 64.6 Å². The number of rotatable bonds is 4. The van der Waals surface area contributed by atoms with E-state index in [1.54, 1.807) is 13.8 Å². The van der Waals surface area contributed by atoms with Crippen molar-refractivity contribution in [2.24, 2.45) is 0 Å². The van der Waals surface area contributed by atoms with Crippen molar-refractivity contribution in [2.75, 3.05) is 11.1 Å². The number of carbonyl (C=O) groups is 1. The lowest BCUT2D eigenvalue weighted by Gasteiger charge is -2.10. The van der Waals surface area contributed by atoms with Crippen LogP contribution in [0.2, 0.25) is 5.02 Å². The first kappa shape index (κ1) is 19.5. The van der Waals surface area contributed by atoms with Gasteiger partial charge >= 0.3 is 0 Å². The van der Waals surface area contributed by atoms with Crippen LogP contribution in [0.4, 0.5) is 15.9 Å². The Morgan fingerprint density at radius 2 is 1.87 bits per heavy atom. The smallest absolute Gasteiger partial charge is 0.259 e. The first-order valence-corrected chi connectivity index (χ1v) is 9.04. The molecule has 0 spiro atoms. The van der Waals surface area contributed by atoms with Crippen molar-refractivity contribution >= 4 is 29.0 Å². The second-order valence-electron chi connectivity index (χ2n) is 6.35. The van der Waals surface area contributed by atoms with Gasteiger partial charge in [-0.15, -0.1) is 4.80 Å². The minimum absolute atomic E-state index is 0.246. The quantitative estimate of drug-likeness (QED) is 0.511. The number of nitrogens with one attached hydrogen (secondary N) is 1. The van der Waals surface area contributed by atoms with E-state index in [4.69, 9.17) is 17.3 Å². The summed E-state index contributed by atoms with van der Waals surface area (Å²) >= 11 is 6.23. The Balaban J connectivity index is 1.60. The van der Waals surface area contributed by atoms with Gasteiger partial charge in [0.15, 0.2) is 23.3 Å². The highest BCUT2D eigenvalue weighted by molar-refractivity contribution is 6.32. The molecule has 4 heterocycles. The predicted octanol–water partition coefficient (Wildman–Crippen LogP) is 2.49. The molecule has 0 unspecified atom stereocenters. The van der Waals surface area contributed by atoms with E-state index in [0.717, 1.165) is 0 Å². The van der Waals surface area contributed by atoms with E-state index >= 15 is 0 Å². The van der Waals surface area contributed by atoms with Crippen LogP contribution in [0, 0.1) is 19.7 Å². The number of aromatic nitrogens is 7. The summed E-state index contributed by atoms with van der Waals surface area (Å²) in [5.74, 6) is -0.610. The molecule has 0 radical (unpaired) electrons. The lowest BCUT2D eigenvalue weighted by Crippen LogP contribution is -2.14. The molecule has 0 fully saturated rings. The van der Waals surface area contributed by atoms with Gasteiger partial charge in [-0.1, -0.05) is 11.6 Å². The highest BCUT2D eigenvalue weighted by Gasteiger charge is 2.19. The molecular weight excluding hydrogens is 413 g/mol. The molecule has 0 aliphatic heterocycles. The molecule has 0 saturated carbocycles. The zero-order valence-electron chi connectivity index (χ0n) is 15.8. The fourth-order valence-corrected chi connectivity index (χ4v) is 3.06. The van der Waals surface area contributed by atoms with Crippen molar-refractivity contribution in [1.82, 2.24) is 34.7 Å². The second-order valence-corrected chi connectivity index (χ2v) is 6.76. The molecule has 0 aliphatic rings. The summed E-state index contributed by atoms with van der Waals surface area (Å²) in [6.07, 6.45) is 5.83. The summed E-state index contributed by atoms with van der Waals surface area (Å²) in [4.78, 5) is 22.2. The molecule has 30 heavy (non-hydrogen) atoms. The second kappa shape index (κ2) is 7.52. The summed E-state index contributed by atoms with van der Waals surface area (Å²) in [7, 11) is 0. The van der Waals surface area contributed by atoms with Gasteiger partial charge in [0.25, 0.3) is 5.91 Å². The van der Waals surface area contributed by atoms with Crippen LogP contribution in [-0.4, -0.2) is 40.6 Å². The predicted molar refractivity (Wildman–Crippen MR) is 107 cm³/mol. The van der Waals surface area contributed by atoms with Crippen LogP contribution in [0.15, 0.2) is 36.9 Å². The number of nitrogens with zero attached hydrogens (tertiary/aromatic N) is 7. The van der Waals surface area contributed by atoms with E-state index in [1.807, 2.05) is 0 Å². The van der Waals surface area contributed by atoms with Crippen molar-refractivity contribution in [3.63, 3.8) is 0 Å². The molecule has 0 saturated heterocycles. The zero-order valence-corrected chi connectivity index (χ0v) is 16.6. The van der Waals surface area contributed by atoms with Crippen LogP contribution in [0.1, 0.15) is 21.6 Å². The van der Waals surface area contributed by atoms with Crippen LogP contribution in [0.25, 0.3) is 11.6 Å². The van der Waals surface area contributed by atoms with Gasteiger partial charge in [0.2, 0.25) is 0 Å². The van der Waals surface area contributed by atoms with Gasteiger partial charge < -0.3 is 11.1 Å². The first-order chi connectivity index (χ1) is 14.3. The number of halogens is 2. The van der Waals surface area contributed by atoms with E-state index in [-0.39, 0.29) is 10.8 Å². The SMILES string of the molecule is Cc1cc(F)c(N)nc1-n1ncc(C(=O)Nc2cnc(-n3nccn3)c(Cl)c2)c1C. The number of amides is 1. The third kappa shape index (κ3) is 3.46. The number of hydrogen-bond acceptors (Lipinski definition) is 7. The molecule has 12 heteroatoms. The number of nitrogen functional groups attached to an aromatic ring is 1. The van der Waals surface area contributed by atoms with E-state index in [9.17, 15) is 9.18 Å². The first-order valence-electron chi connectivity index (χ1n) is 8.66. The Bertz CT molecular complexity index is 1250. The molecule has 152 valence electrons. The molecule has 0 aromatic carbocycles. The third-order valence-electron chi connectivity index (χ3n) is 4.31. The Hall–Kier alpha value is -3.86. The van der Waals surface area contributed by atoms with Crippen molar-refractivity contribution in [1.29, 1.82) is 0 Å². The average molecular weight is 428 g/mol. The molecule has 1 amide bonds. The number of nitrogens with two attached hydrogens (primary N) is 1. The maximum atomic E-state index is 13.6. The Kier molecular flexibility index (Phi) is 4.88. The van der Waals surface area contributed by atoms with Gasteiger partial charge in [-0.3, -0.25) is 4.79 Å². The number of hydrogen-bond donors (Lipinski definition) is 2. The van der Waals surface area contributed by atoms with Crippen LogP contribution < -0.4 is 11.1 Å². The summed E-state index contributed by atoms with van der Waals surface area (Å²) in [6, 6.07) is 2.81. The highest BCUT2D eigenvalue weighted by Crippen LogP contribution is 2.23. The lowest BCUT2D eigenvalue weighted by atomic mass is 10.2. The average Bonchev–Trinajstić information content (AvgIpc) is 3.35. The highest BCUT2D eigenvalue weighted by atomic mass is 35.5. The van der Waals surface area contributed by atoms with Crippen LogP contribution in [0.3, 0.4) is 0 Å². The van der Waals surface area contributed by atoms with Gasteiger partial charge in [0.05, 0.1) is 46.8 Å². The van der Waals surface area contributed by atoms with Gasteiger partial charge in [0.1, 0.15) is 0 Å². The topological polar surface area (TPSA) is 129 Å². The zero-order chi connectivity index (χ0) is 21.4. The molecule has 4 aromatic rings. The fourth-order valence-electron chi connectivity index (χ4n) is 2.81. The molecule has 4 rings (SSSR count). The Morgan fingerprint density at radius 3 is 2.57 bits per heavy atom. The van der Waals surface area contributed by atoms with Crippen LogP contribution in [0.5, 0.6) is 0 Å². The molecular formula is C18H15ClFN9O. The van der Waals surface area contributed by atoms with Crippen LogP contribution in [-0.2, 0) is 0 Å². The minimum atomic E-state index is -0.614. The monoisotopic (exact) mass is 427 g/mol. The van der Waals surface area contributed by atoms with E-state index in [1.165, 1.54) is 46.4 Å². The molecule has 0 aliphatic carbocycles. The normalized spacial score (nSPS) is 10.9. The third-order valence-corrected chi connectivity index (χ3v) is 4.59. The largest absolute Gasteiger partial charge is 0.381 e. The molecule has 0 bridgehead atoms. The van der Waals surface area contributed by atoms with Gasteiger partial charge in [-0.2, -0.15) is 15.3 Å². The van der Waals surface area contributed by atoms with Crippen molar-refractivity contribution in [3.8, 4) is 11.6 Å². The minimum Gasteiger partial charge on any atom is -0.381 e. The van der Waals surface area contributed by atoms with Gasteiger partial charge in [-0.05, 0) is 31.5 Å². The number of aryl methyl sites for hydroxylation is 1. The Labute approximate surface area is 174 Å². The van der Waals surface area contributed by atoms with E-state index < -0.39 is 11.7 Å². The van der Waals surface area contributed by atoms with Gasteiger partial charge in [0, 0.05) is 0 Å². The molecule has 3 N–H and O–H groups in total. The van der Waals surface area contributed by atoms with Gasteiger partial charge in [-0.25, -0.2) is 19.0 Å². The van der Waals surface area contributed by atoms with Crippen molar-refractivity contribution < 1.29 is 9.18 Å². The number of anilines is 2. The molecule has 4 aromatic heterocycles. The Morgan fingerprint density at radius 1 is 1.13 bits per heavy atom. The fraction of sp³-hybridized carbons (Fsp3) is 0.111. The molecule has 10 nitrogen and oxygen atoms in total. The standard InChI is InChI=1S/C18H15ClFN9O/c1-9-5-14(20)15(21)27-16(9)28-10(2)12(8-25-28)18(30)26-11-6-13(19)17(22-7-11)29-23-3-4-24-29/h3-8H,1-2H3,(H2,21,27)(H,26,30). The maximum Gasteiger partial charge on any atom is 0.259 e. The summed E-state index contributed by atoms with van der Waals surface area (Å²) in [5, 5.41) is 15.1.